The average Bonchev–Trinajstić information content (AvgIpc) is 2.65. The molecule has 1 aromatic heterocycles. The van der Waals surface area contributed by atoms with Crippen LogP contribution in [0.15, 0.2) is 54.9 Å². The third kappa shape index (κ3) is 5.05. The number of hydrogen-bond donors (Lipinski definition) is 2. The van der Waals surface area contributed by atoms with Gasteiger partial charge in [-0.15, -0.1) is 0 Å². The second kappa shape index (κ2) is 8.64. The predicted molar refractivity (Wildman–Crippen MR) is 109 cm³/mol. The zero-order valence-electron chi connectivity index (χ0n) is 15.3. The first-order chi connectivity index (χ1) is 13.0. The molecule has 27 heavy (non-hydrogen) atoms. The van der Waals surface area contributed by atoms with Gasteiger partial charge in [0, 0.05) is 29.6 Å². The lowest BCUT2D eigenvalue weighted by Gasteiger charge is -2.11. The second-order valence-corrected chi connectivity index (χ2v) is 6.76. The van der Waals surface area contributed by atoms with E-state index in [1.165, 1.54) is 12.4 Å². The monoisotopic (exact) mass is 380 g/mol. The van der Waals surface area contributed by atoms with E-state index in [-0.39, 0.29) is 5.91 Å². The van der Waals surface area contributed by atoms with E-state index in [1.54, 1.807) is 0 Å². The van der Waals surface area contributed by atoms with Gasteiger partial charge in [0.1, 0.15) is 0 Å². The Hall–Kier alpha value is -2.92. The maximum absolute atomic E-state index is 12.2. The molecule has 0 atom stereocenters. The summed E-state index contributed by atoms with van der Waals surface area (Å²) >= 11 is 5.96. The highest BCUT2D eigenvalue weighted by atomic mass is 35.5. The molecule has 0 aliphatic rings. The Labute approximate surface area is 163 Å². The Kier molecular flexibility index (Phi) is 6.04. The van der Waals surface area contributed by atoms with Crippen molar-refractivity contribution in [1.29, 1.82) is 0 Å². The number of amides is 1. The van der Waals surface area contributed by atoms with Crippen LogP contribution in [0, 0.1) is 13.8 Å². The van der Waals surface area contributed by atoms with Gasteiger partial charge in [-0.1, -0.05) is 41.9 Å². The number of carbonyl (C=O) groups is 1. The molecule has 138 valence electrons. The largest absolute Gasteiger partial charge is 0.352 e. The van der Waals surface area contributed by atoms with Gasteiger partial charge in [-0.3, -0.25) is 4.79 Å². The number of carbonyl (C=O) groups excluding carboxylic acids is 1. The number of halogens is 1. The van der Waals surface area contributed by atoms with Crippen molar-refractivity contribution in [3.8, 4) is 0 Å². The third-order valence-corrected chi connectivity index (χ3v) is 4.46. The summed E-state index contributed by atoms with van der Waals surface area (Å²) in [5, 5.41) is 6.78. The molecule has 0 radical (unpaired) electrons. The molecule has 0 spiro atoms. The van der Waals surface area contributed by atoms with Crippen molar-refractivity contribution in [3.05, 3.63) is 82.1 Å². The van der Waals surface area contributed by atoms with Gasteiger partial charge in [-0.05, 0) is 49.1 Å². The van der Waals surface area contributed by atoms with Gasteiger partial charge in [0.05, 0.1) is 5.56 Å². The highest BCUT2D eigenvalue weighted by molar-refractivity contribution is 6.30. The third-order valence-electron chi connectivity index (χ3n) is 4.22. The Morgan fingerprint density at radius 3 is 2.37 bits per heavy atom. The first-order valence-electron chi connectivity index (χ1n) is 8.71. The summed E-state index contributed by atoms with van der Waals surface area (Å²) < 4.78 is 0. The first kappa shape index (κ1) is 18.9. The lowest BCUT2D eigenvalue weighted by molar-refractivity contribution is 0.0953. The number of rotatable bonds is 6. The fourth-order valence-corrected chi connectivity index (χ4v) is 2.96. The van der Waals surface area contributed by atoms with Gasteiger partial charge in [-0.2, -0.15) is 0 Å². The molecule has 0 bridgehead atoms. The standard InChI is InChI=1S/C21H21ClN4O/c1-14-5-3-6-15(2)19(14)26-21-24-12-17(13-25-21)20(27)23-10-9-16-7-4-8-18(22)11-16/h3-8,11-13H,9-10H2,1-2H3,(H,23,27)(H,24,25,26). The molecule has 0 saturated heterocycles. The number of anilines is 2. The van der Waals surface area contributed by atoms with Crippen molar-refractivity contribution in [2.24, 2.45) is 0 Å². The summed E-state index contributed by atoms with van der Waals surface area (Å²) in [6.07, 6.45) is 3.76. The number of nitrogens with zero attached hydrogens (tertiary/aromatic N) is 2. The Balaban J connectivity index is 1.57. The number of hydrogen-bond acceptors (Lipinski definition) is 4. The van der Waals surface area contributed by atoms with E-state index in [0.717, 1.165) is 22.4 Å². The normalized spacial score (nSPS) is 10.5. The van der Waals surface area contributed by atoms with Crippen LogP contribution < -0.4 is 10.6 Å². The smallest absolute Gasteiger partial charge is 0.254 e. The summed E-state index contributed by atoms with van der Waals surface area (Å²) in [7, 11) is 0. The van der Waals surface area contributed by atoms with E-state index in [0.29, 0.717) is 29.5 Å². The van der Waals surface area contributed by atoms with Crippen LogP contribution in [0.1, 0.15) is 27.0 Å². The van der Waals surface area contributed by atoms with E-state index >= 15 is 0 Å². The van der Waals surface area contributed by atoms with Crippen LogP contribution in [-0.4, -0.2) is 22.4 Å². The van der Waals surface area contributed by atoms with Crippen molar-refractivity contribution in [2.45, 2.75) is 20.3 Å². The molecule has 0 saturated carbocycles. The molecule has 6 heteroatoms. The van der Waals surface area contributed by atoms with Crippen LogP contribution in [0.3, 0.4) is 0 Å². The molecular formula is C21H21ClN4O. The minimum absolute atomic E-state index is 0.198. The summed E-state index contributed by atoms with van der Waals surface area (Å²) in [5.41, 5.74) is 4.71. The number of benzene rings is 2. The maximum atomic E-state index is 12.2. The van der Waals surface area contributed by atoms with Crippen LogP contribution in [0.2, 0.25) is 5.02 Å². The number of aromatic nitrogens is 2. The Bertz CT molecular complexity index is 921. The van der Waals surface area contributed by atoms with E-state index < -0.39 is 0 Å². The molecule has 1 heterocycles. The van der Waals surface area contributed by atoms with Gasteiger partial charge < -0.3 is 10.6 Å². The molecule has 2 N–H and O–H groups in total. The Morgan fingerprint density at radius 2 is 1.70 bits per heavy atom. The minimum atomic E-state index is -0.198. The van der Waals surface area contributed by atoms with E-state index in [1.807, 2.05) is 56.3 Å². The lowest BCUT2D eigenvalue weighted by atomic mass is 10.1. The molecule has 3 rings (SSSR count). The molecule has 0 unspecified atom stereocenters. The number of nitrogens with one attached hydrogen (secondary N) is 2. The fraction of sp³-hybridized carbons (Fsp3) is 0.190. The molecule has 5 nitrogen and oxygen atoms in total. The maximum Gasteiger partial charge on any atom is 0.254 e. The second-order valence-electron chi connectivity index (χ2n) is 6.32. The van der Waals surface area contributed by atoms with Crippen LogP contribution in [0.25, 0.3) is 0 Å². The molecule has 0 aliphatic heterocycles. The predicted octanol–water partition coefficient (Wildman–Crippen LogP) is 4.46. The van der Waals surface area contributed by atoms with Crippen LogP contribution in [0.4, 0.5) is 11.6 Å². The fourth-order valence-electron chi connectivity index (χ4n) is 2.75. The van der Waals surface area contributed by atoms with Gasteiger partial charge in [0.25, 0.3) is 5.91 Å². The summed E-state index contributed by atoms with van der Waals surface area (Å²) in [5.74, 6) is 0.263. The van der Waals surface area contributed by atoms with Crippen molar-refractivity contribution < 1.29 is 4.79 Å². The van der Waals surface area contributed by atoms with Gasteiger partial charge in [0.15, 0.2) is 0 Å². The van der Waals surface area contributed by atoms with Gasteiger partial charge in [0.2, 0.25) is 5.95 Å². The molecule has 0 aliphatic carbocycles. The lowest BCUT2D eigenvalue weighted by Crippen LogP contribution is -2.26. The Morgan fingerprint density at radius 1 is 1.04 bits per heavy atom. The van der Waals surface area contributed by atoms with Crippen LogP contribution in [0.5, 0.6) is 0 Å². The van der Waals surface area contributed by atoms with Gasteiger partial charge >= 0.3 is 0 Å². The van der Waals surface area contributed by atoms with E-state index in [2.05, 4.69) is 20.6 Å². The molecule has 2 aromatic carbocycles. The SMILES string of the molecule is Cc1cccc(C)c1Nc1ncc(C(=O)NCCc2cccc(Cl)c2)cn1. The number of aryl methyl sites for hydroxylation is 2. The zero-order valence-corrected chi connectivity index (χ0v) is 16.0. The van der Waals surface area contributed by atoms with Crippen molar-refractivity contribution in [1.82, 2.24) is 15.3 Å². The summed E-state index contributed by atoms with van der Waals surface area (Å²) in [6, 6.07) is 13.7. The molecule has 0 fully saturated rings. The van der Waals surface area contributed by atoms with Crippen LogP contribution in [-0.2, 0) is 6.42 Å². The van der Waals surface area contributed by atoms with Crippen molar-refractivity contribution >= 4 is 29.1 Å². The highest BCUT2D eigenvalue weighted by Crippen LogP contribution is 2.22. The van der Waals surface area contributed by atoms with Crippen molar-refractivity contribution in [3.63, 3.8) is 0 Å². The zero-order chi connectivity index (χ0) is 19.2. The topological polar surface area (TPSA) is 66.9 Å². The van der Waals surface area contributed by atoms with Crippen molar-refractivity contribution in [2.75, 3.05) is 11.9 Å². The van der Waals surface area contributed by atoms with E-state index in [4.69, 9.17) is 11.6 Å². The average molecular weight is 381 g/mol. The van der Waals surface area contributed by atoms with Crippen LogP contribution >= 0.6 is 11.6 Å². The highest BCUT2D eigenvalue weighted by Gasteiger charge is 2.08. The van der Waals surface area contributed by atoms with E-state index in [9.17, 15) is 4.79 Å². The quantitative estimate of drug-likeness (QED) is 0.662. The summed E-state index contributed by atoms with van der Waals surface area (Å²) in [4.78, 5) is 20.8. The summed E-state index contributed by atoms with van der Waals surface area (Å²) in [6.45, 7) is 4.57. The minimum Gasteiger partial charge on any atom is -0.352 e. The number of para-hydroxylation sites is 1. The first-order valence-corrected chi connectivity index (χ1v) is 9.08. The molecule has 3 aromatic rings. The molecule has 1 amide bonds. The van der Waals surface area contributed by atoms with Gasteiger partial charge in [-0.25, -0.2) is 9.97 Å². The molecular weight excluding hydrogens is 360 g/mol.